The smallest absolute Gasteiger partial charge is 0.221 e. The number of benzene rings is 2. The van der Waals surface area contributed by atoms with Crippen molar-refractivity contribution in [3.05, 3.63) is 64.8 Å². The fraction of sp³-hybridized carbons (Fsp3) is 0.217. The molecule has 2 aromatic carbocycles. The summed E-state index contributed by atoms with van der Waals surface area (Å²) >= 11 is 1.73. The maximum absolute atomic E-state index is 11.3. The zero-order chi connectivity index (χ0) is 19.8. The van der Waals surface area contributed by atoms with E-state index in [9.17, 15) is 4.79 Å². The van der Waals surface area contributed by atoms with Crippen molar-refractivity contribution in [2.24, 2.45) is 0 Å². The molecule has 0 fully saturated rings. The number of aryl methyl sites for hydroxylation is 2. The van der Waals surface area contributed by atoms with Crippen molar-refractivity contribution >= 4 is 46.0 Å². The number of hydrogen-bond donors (Lipinski definition) is 1. The van der Waals surface area contributed by atoms with Crippen molar-refractivity contribution in [1.29, 1.82) is 0 Å². The van der Waals surface area contributed by atoms with Crippen molar-refractivity contribution in [3.63, 3.8) is 0 Å². The van der Waals surface area contributed by atoms with Crippen LogP contribution in [-0.2, 0) is 11.3 Å². The summed E-state index contributed by atoms with van der Waals surface area (Å²) in [5, 5.41) is 5.30. The largest absolute Gasteiger partial charge is 0.338 e. The van der Waals surface area contributed by atoms with Gasteiger partial charge in [-0.3, -0.25) is 4.79 Å². The maximum atomic E-state index is 11.3. The highest BCUT2D eigenvalue weighted by Gasteiger charge is 2.24. The van der Waals surface area contributed by atoms with Crippen LogP contribution in [0.25, 0.3) is 17.0 Å². The van der Waals surface area contributed by atoms with E-state index in [0.29, 0.717) is 0 Å². The van der Waals surface area contributed by atoms with Gasteiger partial charge >= 0.3 is 0 Å². The van der Waals surface area contributed by atoms with Gasteiger partial charge in [-0.25, -0.2) is 0 Å². The van der Waals surface area contributed by atoms with E-state index >= 15 is 0 Å². The Kier molecular flexibility index (Phi) is 4.85. The molecule has 0 bridgehead atoms. The van der Waals surface area contributed by atoms with E-state index in [1.807, 2.05) is 12.1 Å². The first-order chi connectivity index (χ1) is 13.5. The minimum Gasteiger partial charge on any atom is -0.338 e. The molecule has 2 heterocycles. The molecule has 4 rings (SSSR count). The summed E-state index contributed by atoms with van der Waals surface area (Å²) in [7, 11) is 2.09. The molecule has 0 spiro atoms. The molecule has 1 aliphatic heterocycles. The number of rotatable bonds is 3. The molecule has 1 amide bonds. The van der Waals surface area contributed by atoms with E-state index in [0.717, 1.165) is 22.8 Å². The third kappa shape index (κ3) is 3.38. The molecule has 28 heavy (non-hydrogen) atoms. The van der Waals surface area contributed by atoms with Crippen LogP contribution in [0.1, 0.15) is 25.1 Å². The van der Waals surface area contributed by atoms with Gasteiger partial charge in [-0.05, 0) is 44.2 Å². The SMILES string of the molecule is CC[n+]1c(/C=C2\Sc3cc(NC(C)=O)ccc3N2C)ccc2cc(C)ccc21. The van der Waals surface area contributed by atoms with E-state index in [2.05, 4.69) is 78.2 Å². The van der Waals surface area contributed by atoms with E-state index in [-0.39, 0.29) is 5.91 Å². The Labute approximate surface area is 169 Å². The molecule has 1 aliphatic rings. The summed E-state index contributed by atoms with van der Waals surface area (Å²) in [6.45, 7) is 6.75. The number of nitrogens with one attached hydrogen (secondary N) is 1. The van der Waals surface area contributed by atoms with Crippen LogP contribution in [0.4, 0.5) is 11.4 Å². The Morgan fingerprint density at radius 2 is 2.00 bits per heavy atom. The van der Waals surface area contributed by atoms with Gasteiger partial charge in [-0.2, -0.15) is 4.57 Å². The van der Waals surface area contributed by atoms with Crippen LogP contribution >= 0.6 is 11.8 Å². The van der Waals surface area contributed by atoms with Crippen LogP contribution in [0.3, 0.4) is 0 Å². The number of pyridine rings is 1. The van der Waals surface area contributed by atoms with Gasteiger partial charge in [0.15, 0.2) is 0 Å². The Morgan fingerprint density at radius 1 is 1.18 bits per heavy atom. The summed E-state index contributed by atoms with van der Waals surface area (Å²) in [6.07, 6.45) is 2.24. The number of carbonyl (C=O) groups is 1. The molecule has 1 aromatic heterocycles. The van der Waals surface area contributed by atoms with Crippen molar-refractivity contribution in [3.8, 4) is 0 Å². The summed E-state index contributed by atoms with van der Waals surface area (Å²) in [5.74, 6) is -0.0533. The fourth-order valence-electron chi connectivity index (χ4n) is 3.64. The number of amides is 1. The zero-order valence-electron chi connectivity index (χ0n) is 16.6. The summed E-state index contributed by atoms with van der Waals surface area (Å²) in [6, 6.07) is 17.0. The third-order valence-electron chi connectivity index (χ3n) is 4.99. The van der Waals surface area contributed by atoms with E-state index in [4.69, 9.17) is 0 Å². The number of fused-ring (bicyclic) bond motifs is 2. The predicted molar refractivity (Wildman–Crippen MR) is 118 cm³/mol. The highest BCUT2D eigenvalue weighted by Crippen LogP contribution is 2.46. The first-order valence-corrected chi connectivity index (χ1v) is 10.3. The topological polar surface area (TPSA) is 36.2 Å². The molecular formula is C23H24N3OS+. The molecule has 4 nitrogen and oxygen atoms in total. The zero-order valence-corrected chi connectivity index (χ0v) is 17.4. The molecule has 142 valence electrons. The summed E-state index contributed by atoms with van der Waals surface area (Å²) in [5.41, 5.74) is 5.70. The molecule has 0 aliphatic carbocycles. The lowest BCUT2D eigenvalue weighted by molar-refractivity contribution is -0.669. The fourth-order valence-corrected chi connectivity index (χ4v) is 4.78. The van der Waals surface area contributed by atoms with Gasteiger partial charge in [0, 0.05) is 48.1 Å². The van der Waals surface area contributed by atoms with Crippen molar-refractivity contribution in [1.82, 2.24) is 0 Å². The normalized spacial score (nSPS) is 14.6. The third-order valence-corrected chi connectivity index (χ3v) is 6.14. The maximum Gasteiger partial charge on any atom is 0.221 e. The Bertz CT molecular complexity index is 1120. The minimum atomic E-state index is -0.0533. The van der Waals surface area contributed by atoms with Gasteiger partial charge in [-0.1, -0.05) is 23.4 Å². The van der Waals surface area contributed by atoms with Crippen LogP contribution in [-0.4, -0.2) is 13.0 Å². The number of hydrogen-bond acceptors (Lipinski definition) is 3. The number of thioether (sulfide) groups is 1. The lowest BCUT2D eigenvalue weighted by Gasteiger charge is -2.13. The van der Waals surface area contributed by atoms with Gasteiger partial charge in [0.05, 0.1) is 10.7 Å². The number of carbonyl (C=O) groups excluding carboxylic acids is 1. The molecule has 1 N–H and O–H groups in total. The Hall–Kier alpha value is -2.79. The van der Waals surface area contributed by atoms with Gasteiger partial charge < -0.3 is 10.2 Å². The molecule has 0 radical (unpaired) electrons. The van der Waals surface area contributed by atoms with Gasteiger partial charge in [-0.15, -0.1) is 0 Å². The van der Waals surface area contributed by atoms with Crippen molar-refractivity contribution in [2.75, 3.05) is 17.3 Å². The monoisotopic (exact) mass is 390 g/mol. The lowest BCUT2D eigenvalue weighted by Crippen LogP contribution is -2.36. The van der Waals surface area contributed by atoms with Crippen LogP contribution in [0.15, 0.2) is 58.5 Å². The second-order valence-electron chi connectivity index (χ2n) is 7.07. The van der Waals surface area contributed by atoms with Crippen LogP contribution in [0.2, 0.25) is 0 Å². The highest BCUT2D eigenvalue weighted by molar-refractivity contribution is 8.03. The average molecular weight is 391 g/mol. The number of anilines is 2. The molecule has 0 unspecified atom stereocenters. The lowest BCUT2D eigenvalue weighted by atomic mass is 10.1. The van der Waals surface area contributed by atoms with Gasteiger partial charge in [0.2, 0.25) is 17.1 Å². The second-order valence-corrected chi connectivity index (χ2v) is 8.13. The Balaban J connectivity index is 1.73. The van der Waals surface area contributed by atoms with Gasteiger partial charge in [0.1, 0.15) is 6.54 Å². The van der Waals surface area contributed by atoms with Crippen LogP contribution in [0.5, 0.6) is 0 Å². The van der Waals surface area contributed by atoms with Crippen LogP contribution in [0, 0.1) is 6.92 Å². The standard InChI is InChI=1S/C23H23N3OS/c1-5-26-19(9-7-17-12-15(2)6-10-20(17)26)14-23-25(4)21-11-8-18(24-16(3)27)13-22(21)28-23/h6-14H,5H2,1-4H3/p+1. The predicted octanol–water partition coefficient (Wildman–Crippen LogP) is 4.95. The van der Waals surface area contributed by atoms with E-state index in [1.165, 1.54) is 34.1 Å². The van der Waals surface area contributed by atoms with Gasteiger partial charge in [0.25, 0.3) is 0 Å². The number of aromatic nitrogens is 1. The van der Waals surface area contributed by atoms with Crippen molar-refractivity contribution < 1.29 is 9.36 Å². The first-order valence-electron chi connectivity index (χ1n) is 9.44. The minimum absolute atomic E-state index is 0.0533. The first kappa shape index (κ1) is 18.6. The number of nitrogens with zero attached hydrogens (tertiary/aromatic N) is 2. The molecule has 0 saturated heterocycles. The van der Waals surface area contributed by atoms with E-state index in [1.54, 1.807) is 11.8 Å². The average Bonchev–Trinajstić information content (AvgIpc) is 2.96. The summed E-state index contributed by atoms with van der Waals surface area (Å²) < 4.78 is 2.35. The Morgan fingerprint density at radius 3 is 2.75 bits per heavy atom. The second kappa shape index (κ2) is 7.32. The molecule has 5 heteroatoms. The summed E-state index contributed by atoms with van der Waals surface area (Å²) in [4.78, 5) is 14.7. The highest BCUT2D eigenvalue weighted by atomic mass is 32.2. The molecule has 0 saturated carbocycles. The molecule has 3 aromatic rings. The van der Waals surface area contributed by atoms with E-state index < -0.39 is 0 Å². The van der Waals surface area contributed by atoms with Crippen molar-refractivity contribution in [2.45, 2.75) is 32.2 Å². The quantitative estimate of drug-likeness (QED) is 0.643. The molecular weight excluding hydrogens is 366 g/mol. The van der Waals surface area contributed by atoms with Crippen LogP contribution < -0.4 is 14.8 Å². The molecule has 0 atom stereocenters.